The molecule has 1 atom stereocenters. The monoisotopic (exact) mass is 98.1 g/mol. The highest BCUT2D eigenvalue weighted by atomic mass is 15.4. The van der Waals surface area contributed by atoms with E-state index in [0.717, 1.165) is 6.17 Å². The van der Waals surface area contributed by atoms with Gasteiger partial charge in [0.05, 0.1) is 6.17 Å². The maximum absolute atomic E-state index is 3.33. The summed E-state index contributed by atoms with van der Waals surface area (Å²) in [5.74, 6) is 0. The molecule has 1 N–H and O–H groups in total. The second kappa shape index (κ2) is 1.20. The van der Waals surface area contributed by atoms with Gasteiger partial charge in [-0.15, -0.1) is 0 Å². The molecule has 40 valence electrons. The summed E-state index contributed by atoms with van der Waals surface area (Å²) in [6, 6.07) is 0. The van der Waals surface area contributed by atoms with Crippen LogP contribution in [0.1, 0.15) is 6.42 Å². The fourth-order valence-corrected chi connectivity index (χ4v) is 0.955. The van der Waals surface area contributed by atoms with Crippen LogP contribution in [-0.2, 0) is 0 Å². The second-order valence-electron chi connectivity index (χ2n) is 2.29. The predicted octanol–water partition coefficient (Wildman–Crippen LogP) is -0.379. The van der Waals surface area contributed by atoms with Gasteiger partial charge in [0, 0.05) is 13.1 Å². The molecule has 0 aliphatic carbocycles. The highest BCUT2D eigenvalue weighted by molar-refractivity contribution is 4.86. The van der Waals surface area contributed by atoms with Crippen molar-refractivity contribution in [3.05, 3.63) is 0 Å². The van der Waals surface area contributed by atoms with Crippen molar-refractivity contribution in [1.29, 1.82) is 0 Å². The lowest BCUT2D eigenvalue weighted by Crippen LogP contribution is -2.48. The van der Waals surface area contributed by atoms with E-state index in [9.17, 15) is 0 Å². The minimum Gasteiger partial charge on any atom is -0.302 e. The molecule has 0 saturated carbocycles. The SMILES string of the molecule is C1CC(N2CC2)N1. The molecule has 7 heavy (non-hydrogen) atoms. The normalized spacial score (nSPS) is 40.3. The second-order valence-corrected chi connectivity index (χ2v) is 2.29. The maximum atomic E-state index is 3.33. The van der Waals surface area contributed by atoms with Gasteiger partial charge in [-0.05, 0) is 13.0 Å². The highest BCUT2D eigenvalue weighted by Gasteiger charge is 2.30. The Bertz CT molecular complexity index is 74.1. The van der Waals surface area contributed by atoms with Crippen LogP contribution in [0, 0.1) is 0 Å². The van der Waals surface area contributed by atoms with Crippen LogP contribution in [0.4, 0.5) is 0 Å². The van der Waals surface area contributed by atoms with Gasteiger partial charge in [-0.3, -0.25) is 4.90 Å². The van der Waals surface area contributed by atoms with Gasteiger partial charge in [-0.2, -0.15) is 0 Å². The molecule has 2 rings (SSSR count). The average Bonchev–Trinajstić information content (AvgIpc) is 2.10. The van der Waals surface area contributed by atoms with Crippen molar-refractivity contribution >= 4 is 0 Å². The summed E-state index contributed by atoms with van der Waals surface area (Å²) in [6.07, 6.45) is 2.15. The van der Waals surface area contributed by atoms with Crippen molar-refractivity contribution in [1.82, 2.24) is 10.2 Å². The van der Waals surface area contributed by atoms with Gasteiger partial charge in [-0.25, -0.2) is 0 Å². The van der Waals surface area contributed by atoms with E-state index >= 15 is 0 Å². The van der Waals surface area contributed by atoms with Gasteiger partial charge >= 0.3 is 0 Å². The van der Waals surface area contributed by atoms with Crippen LogP contribution in [0.5, 0.6) is 0 Å². The Kier molecular flexibility index (Phi) is 0.664. The van der Waals surface area contributed by atoms with Crippen molar-refractivity contribution < 1.29 is 0 Å². The zero-order valence-corrected chi connectivity index (χ0v) is 4.35. The minimum absolute atomic E-state index is 0.778. The first kappa shape index (κ1) is 3.87. The highest BCUT2D eigenvalue weighted by Crippen LogP contribution is 2.15. The summed E-state index contributed by atoms with van der Waals surface area (Å²) in [7, 11) is 0. The number of rotatable bonds is 1. The average molecular weight is 98.1 g/mol. The van der Waals surface area contributed by atoms with E-state index in [0.29, 0.717) is 0 Å². The fourth-order valence-electron chi connectivity index (χ4n) is 0.955. The summed E-state index contributed by atoms with van der Waals surface area (Å²) in [6.45, 7) is 3.90. The third-order valence-corrected chi connectivity index (χ3v) is 1.72. The quantitative estimate of drug-likeness (QED) is 0.450. The molecule has 2 heterocycles. The molecule has 1 unspecified atom stereocenters. The van der Waals surface area contributed by atoms with Crippen molar-refractivity contribution in [2.45, 2.75) is 12.6 Å². The van der Waals surface area contributed by atoms with Crippen molar-refractivity contribution in [2.75, 3.05) is 19.6 Å². The molecule has 0 aromatic heterocycles. The predicted molar refractivity (Wildman–Crippen MR) is 28.0 cm³/mol. The number of hydrogen-bond acceptors (Lipinski definition) is 2. The largest absolute Gasteiger partial charge is 0.302 e. The first-order valence-electron chi connectivity index (χ1n) is 2.94. The lowest BCUT2D eigenvalue weighted by Gasteiger charge is -2.28. The van der Waals surface area contributed by atoms with E-state index in [1.54, 1.807) is 0 Å². The van der Waals surface area contributed by atoms with E-state index in [4.69, 9.17) is 0 Å². The van der Waals surface area contributed by atoms with Crippen molar-refractivity contribution in [3.63, 3.8) is 0 Å². The number of nitrogens with one attached hydrogen (secondary N) is 1. The third-order valence-electron chi connectivity index (χ3n) is 1.72. The van der Waals surface area contributed by atoms with Gasteiger partial charge < -0.3 is 5.32 Å². The first-order chi connectivity index (χ1) is 3.47. The molecule has 0 aromatic carbocycles. The van der Waals surface area contributed by atoms with Crippen molar-refractivity contribution in [2.24, 2.45) is 0 Å². The van der Waals surface area contributed by atoms with Crippen LogP contribution in [0.25, 0.3) is 0 Å². The molecule has 2 heteroatoms. The zero-order chi connectivity index (χ0) is 4.69. The Labute approximate surface area is 43.5 Å². The fraction of sp³-hybridized carbons (Fsp3) is 1.00. The number of nitrogens with zero attached hydrogens (tertiary/aromatic N) is 1. The Morgan fingerprint density at radius 3 is 2.29 bits per heavy atom. The van der Waals surface area contributed by atoms with Crippen LogP contribution >= 0.6 is 0 Å². The van der Waals surface area contributed by atoms with Crippen molar-refractivity contribution in [3.8, 4) is 0 Å². The van der Waals surface area contributed by atoms with Gasteiger partial charge in [0.1, 0.15) is 0 Å². The molecule has 0 amide bonds. The summed E-state index contributed by atoms with van der Waals surface area (Å²) in [4.78, 5) is 2.45. The molecular formula is C5H10N2. The minimum atomic E-state index is 0.778. The van der Waals surface area contributed by atoms with Crippen LogP contribution < -0.4 is 5.32 Å². The molecular weight excluding hydrogens is 88.1 g/mol. The summed E-state index contributed by atoms with van der Waals surface area (Å²) in [5, 5.41) is 3.33. The lowest BCUT2D eigenvalue weighted by molar-refractivity contribution is 0.233. The van der Waals surface area contributed by atoms with Gasteiger partial charge in [-0.1, -0.05) is 0 Å². The smallest absolute Gasteiger partial charge is 0.0610 e. The van der Waals surface area contributed by atoms with Crippen LogP contribution in [0.15, 0.2) is 0 Å². The first-order valence-corrected chi connectivity index (χ1v) is 2.94. The summed E-state index contributed by atoms with van der Waals surface area (Å²) >= 11 is 0. The molecule has 0 spiro atoms. The summed E-state index contributed by atoms with van der Waals surface area (Å²) in [5.41, 5.74) is 0. The molecule has 0 radical (unpaired) electrons. The van der Waals surface area contributed by atoms with E-state index in [2.05, 4.69) is 10.2 Å². The van der Waals surface area contributed by atoms with Gasteiger partial charge in [0.2, 0.25) is 0 Å². The Morgan fingerprint density at radius 2 is 2.14 bits per heavy atom. The molecule has 0 aromatic rings. The zero-order valence-electron chi connectivity index (χ0n) is 4.35. The van der Waals surface area contributed by atoms with E-state index in [-0.39, 0.29) is 0 Å². The van der Waals surface area contributed by atoms with Gasteiger partial charge in [0.15, 0.2) is 0 Å². The molecule has 2 aliphatic rings. The van der Waals surface area contributed by atoms with E-state index in [1.807, 2.05) is 0 Å². The van der Waals surface area contributed by atoms with Crippen LogP contribution in [-0.4, -0.2) is 30.7 Å². The molecule has 0 bridgehead atoms. The lowest BCUT2D eigenvalue weighted by atomic mass is 10.2. The van der Waals surface area contributed by atoms with E-state index in [1.165, 1.54) is 26.1 Å². The van der Waals surface area contributed by atoms with Crippen LogP contribution in [0.2, 0.25) is 0 Å². The molecule has 2 nitrogen and oxygen atoms in total. The van der Waals surface area contributed by atoms with E-state index < -0.39 is 0 Å². The molecule has 2 fully saturated rings. The van der Waals surface area contributed by atoms with Gasteiger partial charge in [0.25, 0.3) is 0 Å². The Balaban J connectivity index is 1.83. The summed E-state index contributed by atoms with van der Waals surface area (Å²) < 4.78 is 0. The Hall–Kier alpha value is -0.0800. The third kappa shape index (κ3) is 0.545. The number of hydrogen-bond donors (Lipinski definition) is 1. The molecule has 2 saturated heterocycles. The standard InChI is InChI=1S/C5H10N2/c1-2-6-5(1)7-3-4-7/h5-6H,1-4H2. The Morgan fingerprint density at radius 1 is 1.43 bits per heavy atom. The maximum Gasteiger partial charge on any atom is 0.0610 e. The molecule has 2 aliphatic heterocycles. The topological polar surface area (TPSA) is 15.0 Å². The van der Waals surface area contributed by atoms with Crippen LogP contribution in [0.3, 0.4) is 0 Å².